The molecule has 26 heavy (non-hydrogen) atoms. The maximum atomic E-state index is 13.8. The summed E-state index contributed by atoms with van der Waals surface area (Å²) in [7, 11) is 0. The predicted octanol–water partition coefficient (Wildman–Crippen LogP) is 5.78. The van der Waals surface area contributed by atoms with Crippen LogP contribution in [-0.4, -0.2) is 10.7 Å². The van der Waals surface area contributed by atoms with Crippen LogP contribution >= 0.6 is 22.9 Å². The molecule has 0 radical (unpaired) electrons. The number of hydrogen-bond acceptors (Lipinski definition) is 4. The van der Waals surface area contributed by atoms with Crippen LogP contribution in [-0.2, 0) is 0 Å². The summed E-state index contributed by atoms with van der Waals surface area (Å²) in [5.41, 5.74) is 2.77. The lowest BCUT2D eigenvalue weighted by Gasteiger charge is -2.38. The van der Waals surface area contributed by atoms with Crippen molar-refractivity contribution in [3.05, 3.63) is 86.8 Å². The average molecular weight is 385 g/mol. The molecule has 0 spiro atoms. The second-order valence-electron chi connectivity index (χ2n) is 6.33. The summed E-state index contributed by atoms with van der Waals surface area (Å²) in [5.74, 6) is 0.485. The Balaban J connectivity index is 1.63. The molecule has 0 N–H and O–H groups in total. The minimum Gasteiger partial charge on any atom is -0.464 e. The van der Waals surface area contributed by atoms with E-state index in [0.717, 1.165) is 33.9 Å². The highest BCUT2D eigenvalue weighted by Gasteiger charge is 2.41. The third-order valence-corrected chi connectivity index (χ3v) is 5.85. The van der Waals surface area contributed by atoms with Gasteiger partial charge in [-0.25, -0.2) is 9.40 Å². The molecule has 3 aromatic rings. The minimum absolute atomic E-state index is 0.0165. The average Bonchev–Trinajstić information content (AvgIpc) is 3.31. The monoisotopic (exact) mass is 384 g/mol. The molecule has 130 valence electrons. The second kappa shape index (κ2) is 6.11. The first kappa shape index (κ1) is 15.9. The van der Waals surface area contributed by atoms with Gasteiger partial charge in [-0.2, -0.15) is 5.10 Å². The molecule has 0 amide bonds. The minimum atomic E-state index is -0.471. The lowest BCUT2D eigenvalue weighted by Crippen LogP contribution is -2.33. The van der Waals surface area contributed by atoms with Crippen LogP contribution in [0.4, 0.5) is 4.39 Å². The van der Waals surface area contributed by atoms with Crippen molar-refractivity contribution in [1.29, 1.82) is 0 Å². The standard InChI is InChI=1S/C20H14ClFN2OS/c21-13-6-7-18-15(10-13)17-11-16(19-5-2-8-26-19)23-24(17)20(25-18)12-3-1-4-14(22)9-12/h1-10,17,20H,11H2/t17-,20+/m1/s1. The van der Waals surface area contributed by atoms with Crippen molar-refractivity contribution in [3.63, 3.8) is 0 Å². The Morgan fingerprint density at radius 2 is 2.08 bits per heavy atom. The molecule has 2 aliphatic heterocycles. The molecule has 2 aliphatic rings. The van der Waals surface area contributed by atoms with Crippen molar-refractivity contribution in [2.75, 3.05) is 0 Å². The van der Waals surface area contributed by atoms with Gasteiger partial charge in [0.05, 0.1) is 16.6 Å². The van der Waals surface area contributed by atoms with Gasteiger partial charge < -0.3 is 4.74 Å². The van der Waals surface area contributed by atoms with Crippen molar-refractivity contribution in [3.8, 4) is 5.75 Å². The zero-order valence-corrected chi connectivity index (χ0v) is 15.2. The van der Waals surface area contributed by atoms with E-state index in [1.54, 1.807) is 17.4 Å². The summed E-state index contributed by atoms with van der Waals surface area (Å²) >= 11 is 7.88. The first-order valence-corrected chi connectivity index (χ1v) is 9.56. The fraction of sp³-hybridized carbons (Fsp3) is 0.150. The Kier molecular flexibility index (Phi) is 3.72. The number of hydrazone groups is 1. The molecule has 3 heterocycles. The van der Waals surface area contributed by atoms with Crippen molar-refractivity contribution < 1.29 is 9.13 Å². The molecule has 0 saturated heterocycles. The molecular weight excluding hydrogens is 371 g/mol. The van der Waals surface area contributed by atoms with E-state index in [4.69, 9.17) is 21.4 Å². The maximum absolute atomic E-state index is 13.8. The number of fused-ring (bicyclic) bond motifs is 3. The van der Waals surface area contributed by atoms with E-state index in [-0.39, 0.29) is 11.9 Å². The Morgan fingerprint density at radius 3 is 2.88 bits per heavy atom. The second-order valence-corrected chi connectivity index (χ2v) is 7.72. The Morgan fingerprint density at radius 1 is 1.15 bits per heavy atom. The molecule has 2 atom stereocenters. The molecule has 0 fully saturated rings. The first-order chi connectivity index (χ1) is 12.7. The highest BCUT2D eigenvalue weighted by molar-refractivity contribution is 7.12. The number of ether oxygens (including phenoxy) is 1. The smallest absolute Gasteiger partial charge is 0.213 e. The summed E-state index contributed by atoms with van der Waals surface area (Å²) in [5, 5.41) is 9.48. The predicted molar refractivity (Wildman–Crippen MR) is 101 cm³/mol. The van der Waals surface area contributed by atoms with Crippen LogP contribution in [0.15, 0.2) is 65.1 Å². The fourth-order valence-electron chi connectivity index (χ4n) is 3.53. The number of nitrogens with zero attached hydrogens (tertiary/aromatic N) is 2. The third kappa shape index (κ3) is 2.59. The molecule has 0 aliphatic carbocycles. The van der Waals surface area contributed by atoms with Crippen molar-refractivity contribution in [1.82, 2.24) is 5.01 Å². The Hall–Kier alpha value is -2.37. The van der Waals surface area contributed by atoms with Crippen LogP contribution in [0.3, 0.4) is 0 Å². The van der Waals surface area contributed by atoms with Gasteiger partial charge in [0.25, 0.3) is 0 Å². The molecule has 3 nitrogen and oxygen atoms in total. The maximum Gasteiger partial charge on any atom is 0.213 e. The van der Waals surface area contributed by atoms with E-state index < -0.39 is 6.23 Å². The van der Waals surface area contributed by atoms with E-state index >= 15 is 0 Å². The highest BCUT2D eigenvalue weighted by atomic mass is 35.5. The van der Waals surface area contributed by atoms with Crippen LogP contribution in [0.1, 0.15) is 34.7 Å². The number of halogens is 2. The normalized spacial score (nSPS) is 21.0. The lowest BCUT2D eigenvalue weighted by atomic mass is 9.97. The van der Waals surface area contributed by atoms with Crippen LogP contribution in [0, 0.1) is 5.82 Å². The molecule has 0 saturated carbocycles. The first-order valence-electron chi connectivity index (χ1n) is 8.30. The summed E-state index contributed by atoms with van der Waals surface area (Å²) in [6.07, 6.45) is 0.296. The van der Waals surface area contributed by atoms with Gasteiger partial charge in [-0.1, -0.05) is 29.8 Å². The van der Waals surface area contributed by atoms with Gasteiger partial charge >= 0.3 is 0 Å². The summed E-state index contributed by atoms with van der Waals surface area (Å²) in [6, 6.07) is 16.2. The van der Waals surface area contributed by atoms with Crippen molar-refractivity contribution in [2.24, 2.45) is 5.10 Å². The van der Waals surface area contributed by atoms with Gasteiger partial charge in [-0.3, -0.25) is 0 Å². The van der Waals surface area contributed by atoms with E-state index in [1.807, 2.05) is 40.7 Å². The zero-order chi connectivity index (χ0) is 17.7. The lowest BCUT2D eigenvalue weighted by molar-refractivity contribution is -0.0192. The van der Waals surface area contributed by atoms with Gasteiger partial charge in [0.2, 0.25) is 6.23 Å². The van der Waals surface area contributed by atoms with E-state index in [0.29, 0.717) is 5.02 Å². The molecule has 0 unspecified atom stereocenters. The van der Waals surface area contributed by atoms with Gasteiger partial charge in [0, 0.05) is 22.6 Å². The summed E-state index contributed by atoms with van der Waals surface area (Å²) in [4.78, 5) is 1.14. The Labute approximate surface area is 159 Å². The molecule has 2 aromatic carbocycles. The van der Waals surface area contributed by atoms with Crippen LogP contribution in [0.5, 0.6) is 5.75 Å². The quantitative estimate of drug-likeness (QED) is 0.559. The summed E-state index contributed by atoms with van der Waals surface area (Å²) in [6.45, 7) is 0. The molecule has 1 aromatic heterocycles. The zero-order valence-electron chi connectivity index (χ0n) is 13.6. The number of hydrogen-bond donors (Lipinski definition) is 0. The fourth-order valence-corrected chi connectivity index (χ4v) is 4.43. The van der Waals surface area contributed by atoms with E-state index in [1.165, 1.54) is 12.1 Å². The van der Waals surface area contributed by atoms with Gasteiger partial charge in [0.1, 0.15) is 11.6 Å². The number of benzene rings is 2. The van der Waals surface area contributed by atoms with Gasteiger partial charge in [-0.15, -0.1) is 11.3 Å². The van der Waals surface area contributed by atoms with Crippen LogP contribution in [0.25, 0.3) is 0 Å². The summed E-state index contributed by atoms with van der Waals surface area (Å²) < 4.78 is 20.0. The van der Waals surface area contributed by atoms with Crippen molar-refractivity contribution in [2.45, 2.75) is 18.7 Å². The Bertz CT molecular complexity index is 1000. The molecular formula is C20H14ClFN2OS. The highest BCUT2D eigenvalue weighted by Crippen LogP contribution is 2.48. The number of thiophene rings is 1. The van der Waals surface area contributed by atoms with E-state index in [2.05, 4.69) is 6.07 Å². The third-order valence-electron chi connectivity index (χ3n) is 4.69. The molecule has 0 bridgehead atoms. The van der Waals surface area contributed by atoms with Crippen molar-refractivity contribution >= 4 is 28.6 Å². The SMILES string of the molecule is Fc1cccc([C@@H]2Oc3ccc(Cl)cc3[C@H]3CC(c4cccs4)=NN32)c1. The number of rotatable bonds is 2. The topological polar surface area (TPSA) is 24.8 Å². The molecule has 5 rings (SSSR count). The van der Waals surface area contributed by atoms with E-state index in [9.17, 15) is 4.39 Å². The van der Waals surface area contributed by atoms with Gasteiger partial charge in [-0.05, 0) is 41.8 Å². The van der Waals surface area contributed by atoms with Gasteiger partial charge in [0.15, 0.2) is 0 Å². The van der Waals surface area contributed by atoms with Crippen LogP contribution in [0.2, 0.25) is 5.02 Å². The largest absolute Gasteiger partial charge is 0.464 e. The molecule has 6 heteroatoms. The van der Waals surface area contributed by atoms with Crippen LogP contribution < -0.4 is 4.74 Å².